The minimum atomic E-state index is -0.589. The van der Waals surface area contributed by atoms with E-state index in [4.69, 9.17) is 4.74 Å². The van der Waals surface area contributed by atoms with Gasteiger partial charge in [-0.15, -0.1) is 0 Å². The van der Waals surface area contributed by atoms with E-state index >= 15 is 0 Å². The number of fused-ring (bicyclic) bond motifs is 2. The number of nitrogens with zero attached hydrogens (tertiary/aromatic N) is 2. The maximum absolute atomic E-state index is 12.6. The fourth-order valence-electron chi connectivity index (χ4n) is 3.24. The van der Waals surface area contributed by atoms with Crippen molar-refractivity contribution in [3.8, 4) is 0 Å². The van der Waals surface area contributed by atoms with Gasteiger partial charge in [-0.25, -0.2) is 4.98 Å². The Balaban J connectivity index is 1.59. The molecule has 1 amide bonds. The first-order chi connectivity index (χ1) is 10.7. The van der Waals surface area contributed by atoms with E-state index < -0.39 is 6.10 Å². The van der Waals surface area contributed by atoms with Crippen LogP contribution in [-0.4, -0.2) is 33.3 Å². The molecular formula is C16H17N3O3. The Morgan fingerprint density at radius 3 is 3.18 bits per heavy atom. The minimum Gasteiger partial charge on any atom is -0.390 e. The molecule has 0 saturated heterocycles. The van der Waals surface area contributed by atoms with Gasteiger partial charge in [-0.05, 0) is 11.1 Å². The molecule has 2 aromatic rings. The van der Waals surface area contributed by atoms with Crippen LogP contribution >= 0.6 is 0 Å². The maximum atomic E-state index is 12.6. The van der Waals surface area contributed by atoms with Crippen LogP contribution in [0.5, 0.6) is 0 Å². The van der Waals surface area contributed by atoms with Crippen LogP contribution in [-0.2, 0) is 24.3 Å². The van der Waals surface area contributed by atoms with Crippen LogP contribution < -0.4 is 5.32 Å². The van der Waals surface area contributed by atoms with E-state index in [1.807, 2.05) is 28.8 Å². The summed E-state index contributed by atoms with van der Waals surface area (Å²) < 4.78 is 7.21. The molecule has 4 rings (SSSR count). The molecule has 2 N–H and O–H groups in total. The van der Waals surface area contributed by atoms with Crippen molar-refractivity contribution in [2.24, 2.45) is 0 Å². The molecule has 6 heteroatoms. The molecule has 2 aliphatic rings. The molecule has 0 radical (unpaired) electrons. The van der Waals surface area contributed by atoms with Gasteiger partial charge >= 0.3 is 0 Å². The summed E-state index contributed by atoms with van der Waals surface area (Å²) in [5, 5.41) is 13.2. The zero-order valence-electron chi connectivity index (χ0n) is 12.0. The van der Waals surface area contributed by atoms with Crippen molar-refractivity contribution in [1.82, 2.24) is 14.9 Å². The van der Waals surface area contributed by atoms with Crippen molar-refractivity contribution in [1.29, 1.82) is 0 Å². The third-order valence-electron chi connectivity index (χ3n) is 4.35. The molecule has 1 aromatic carbocycles. The van der Waals surface area contributed by atoms with Crippen LogP contribution in [0.15, 0.2) is 30.5 Å². The number of hydrogen-bond acceptors (Lipinski definition) is 4. The Morgan fingerprint density at radius 1 is 1.41 bits per heavy atom. The van der Waals surface area contributed by atoms with E-state index in [0.29, 0.717) is 31.9 Å². The van der Waals surface area contributed by atoms with Crippen LogP contribution in [0.3, 0.4) is 0 Å². The summed E-state index contributed by atoms with van der Waals surface area (Å²) >= 11 is 0. The van der Waals surface area contributed by atoms with E-state index in [-0.39, 0.29) is 11.9 Å². The minimum absolute atomic E-state index is 0.207. The van der Waals surface area contributed by atoms with Gasteiger partial charge in [-0.1, -0.05) is 24.3 Å². The molecular weight excluding hydrogens is 282 g/mol. The van der Waals surface area contributed by atoms with Crippen LogP contribution in [0.4, 0.5) is 0 Å². The first kappa shape index (κ1) is 13.5. The Morgan fingerprint density at radius 2 is 2.27 bits per heavy atom. The lowest BCUT2D eigenvalue weighted by atomic mass is 10.1. The zero-order valence-corrected chi connectivity index (χ0v) is 12.0. The highest BCUT2D eigenvalue weighted by atomic mass is 16.5. The first-order valence-electron chi connectivity index (χ1n) is 7.43. The van der Waals surface area contributed by atoms with Crippen molar-refractivity contribution in [2.45, 2.75) is 31.7 Å². The quantitative estimate of drug-likeness (QED) is 0.860. The number of aliphatic hydroxyl groups excluding tert-OH is 1. The van der Waals surface area contributed by atoms with Crippen molar-refractivity contribution >= 4 is 5.91 Å². The molecule has 1 aliphatic carbocycles. The fraction of sp³-hybridized carbons (Fsp3) is 0.375. The first-order valence-corrected chi connectivity index (χ1v) is 7.43. The molecule has 6 nitrogen and oxygen atoms in total. The molecule has 0 saturated carbocycles. The van der Waals surface area contributed by atoms with Gasteiger partial charge in [0.2, 0.25) is 0 Å². The van der Waals surface area contributed by atoms with Gasteiger partial charge in [0.1, 0.15) is 18.1 Å². The molecule has 1 aliphatic heterocycles. The number of aromatic nitrogens is 2. The number of carbonyl (C=O) groups excluding carboxylic acids is 1. The number of rotatable bonds is 2. The lowest BCUT2D eigenvalue weighted by molar-refractivity contribution is 0.0753. The molecule has 0 spiro atoms. The van der Waals surface area contributed by atoms with E-state index in [2.05, 4.69) is 10.3 Å². The normalized spacial score (nSPS) is 23.0. The van der Waals surface area contributed by atoms with Gasteiger partial charge in [0.25, 0.3) is 5.91 Å². The number of aliphatic hydroxyl groups is 1. The predicted octanol–water partition coefficient (Wildman–Crippen LogP) is 0.801. The number of imidazole rings is 1. The summed E-state index contributed by atoms with van der Waals surface area (Å²) in [5.74, 6) is 0.560. The smallest absolute Gasteiger partial charge is 0.270 e. The Labute approximate surface area is 127 Å². The summed E-state index contributed by atoms with van der Waals surface area (Å²) in [6.07, 6.45) is 1.56. The monoisotopic (exact) mass is 299 g/mol. The van der Waals surface area contributed by atoms with Crippen LogP contribution in [0.1, 0.15) is 33.5 Å². The number of benzene rings is 1. The summed E-state index contributed by atoms with van der Waals surface area (Å²) in [6.45, 7) is 1.64. The second-order valence-corrected chi connectivity index (χ2v) is 5.69. The molecule has 0 bridgehead atoms. The van der Waals surface area contributed by atoms with E-state index in [1.165, 1.54) is 0 Å². The lowest BCUT2D eigenvalue weighted by Crippen LogP contribution is -2.35. The van der Waals surface area contributed by atoms with Crippen LogP contribution in [0.2, 0.25) is 0 Å². The standard InChI is InChI=1S/C16H17N3O3/c20-13-7-10-3-1-2-4-11(10)15(13)18-16(21)12-8-17-14-9-22-6-5-19(12)14/h1-4,8,13,15,20H,5-7,9H2,(H,18,21). The molecule has 2 atom stereocenters. The molecule has 22 heavy (non-hydrogen) atoms. The highest BCUT2D eigenvalue weighted by molar-refractivity contribution is 5.93. The molecule has 2 unspecified atom stereocenters. The van der Waals surface area contributed by atoms with E-state index in [0.717, 1.165) is 17.0 Å². The second kappa shape index (κ2) is 5.23. The Kier molecular flexibility index (Phi) is 3.20. The average molecular weight is 299 g/mol. The molecule has 114 valence electrons. The summed E-state index contributed by atoms with van der Waals surface area (Å²) in [6, 6.07) is 7.45. The van der Waals surface area contributed by atoms with Gasteiger partial charge in [0, 0.05) is 13.0 Å². The second-order valence-electron chi connectivity index (χ2n) is 5.69. The number of nitrogens with one attached hydrogen (secondary N) is 1. The number of carbonyl (C=O) groups is 1. The van der Waals surface area contributed by atoms with Crippen molar-refractivity contribution in [3.05, 3.63) is 53.1 Å². The zero-order chi connectivity index (χ0) is 15.1. The van der Waals surface area contributed by atoms with E-state index in [1.54, 1.807) is 6.20 Å². The fourth-order valence-corrected chi connectivity index (χ4v) is 3.24. The van der Waals surface area contributed by atoms with E-state index in [9.17, 15) is 9.90 Å². The third kappa shape index (κ3) is 2.12. The largest absolute Gasteiger partial charge is 0.390 e. The van der Waals surface area contributed by atoms with Gasteiger partial charge in [0.15, 0.2) is 0 Å². The SMILES string of the molecule is O=C(NC1c2ccccc2CC1O)c1cnc2n1CCOC2. The summed E-state index contributed by atoms with van der Waals surface area (Å²) in [7, 11) is 0. The van der Waals surface area contributed by atoms with Crippen LogP contribution in [0.25, 0.3) is 0 Å². The molecule has 1 aromatic heterocycles. The van der Waals surface area contributed by atoms with Gasteiger partial charge in [-0.2, -0.15) is 0 Å². The number of ether oxygens (including phenoxy) is 1. The Hall–Kier alpha value is -2.18. The van der Waals surface area contributed by atoms with Crippen molar-refractivity contribution < 1.29 is 14.6 Å². The highest BCUT2D eigenvalue weighted by Gasteiger charge is 2.33. The molecule has 2 heterocycles. The topological polar surface area (TPSA) is 76.4 Å². The van der Waals surface area contributed by atoms with Gasteiger partial charge < -0.3 is 19.7 Å². The summed E-state index contributed by atoms with van der Waals surface area (Å²) in [5.41, 5.74) is 2.60. The predicted molar refractivity (Wildman–Crippen MR) is 78.2 cm³/mol. The van der Waals surface area contributed by atoms with Gasteiger partial charge in [0.05, 0.1) is 24.9 Å². The lowest BCUT2D eigenvalue weighted by Gasteiger charge is -2.20. The van der Waals surface area contributed by atoms with Crippen LogP contribution in [0, 0.1) is 0 Å². The number of amides is 1. The number of hydrogen-bond donors (Lipinski definition) is 2. The maximum Gasteiger partial charge on any atom is 0.270 e. The Bertz CT molecular complexity index is 725. The third-order valence-corrected chi connectivity index (χ3v) is 4.35. The highest BCUT2D eigenvalue weighted by Crippen LogP contribution is 2.31. The average Bonchev–Trinajstić information content (AvgIpc) is 3.09. The summed E-state index contributed by atoms with van der Waals surface area (Å²) in [4.78, 5) is 16.8. The van der Waals surface area contributed by atoms with Crippen molar-refractivity contribution in [3.63, 3.8) is 0 Å². The molecule has 0 fully saturated rings. The van der Waals surface area contributed by atoms with Gasteiger partial charge in [-0.3, -0.25) is 4.79 Å². The van der Waals surface area contributed by atoms with Crippen molar-refractivity contribution in [2.75, 3.05) is 6.61 Å².